The number of nitrogens with one attached hydrogen (secondary N) is 1. The van der Waals surface area contributed by atoms with Crippen molar-refractivity contribution in [1.29, 1.82) is 0 Å². The van der Waals surface area contributed by atoms with Crippen molar-refractivity contribution in [3.8, 4) is 11.5 Å². The second-order valence-electron chi connectivity index (χ2n) is 9.68. The Morgan fingerprint density at radius 2 is 1.29 bits per heavy atom. The number of para-hydroxylation sites is 1. The van der Waals surface area contributed by atoms with Gasteiger partial charge in [-0.1, -0.05) is 69.2 Å². The fraction of sp³-hybridized carbons (Fsp3) is 0.412. The molecular formula is C34H45NO6. The van der Waals surface area contributed by atoms with Gasteiger partial charge in [-0.2, -0.15) is 0 Å². The average molecular weight is 564 g/mol. The molecule has 3 aromatic rings. The maximum absolute atomic E-state index is 12.0. The van der Waals surface area contributed by atoms with E-state index < -0.39 is 5.97 Å². The van der Waals surface area contributed by atoms with Crippen LogP contribution in [0.2, 0.25) is 0 Å². The Bertz CT molecular complexity index is 1120. The van der Waals surface area contributed by atoms with Crippen LogP contribution < -0.4 is 14.8 Å². The lowest BCUT2D eigenvalue weighted by Gasteiger charge is -2.08. The number of unbranched alkanes of at least 4 members (excludes halogenated alkanes) is 2. The quantitative estimate of drug-likeness (QED) is 0.211. The summed E-state index contributed by atoms with van der Waals surface area (Å²) in [5.74, 6) is 0.739. The molecule has 1 saturated heterocycles. The van der Waals surface area contributed by atoms with E-state index in [2.05, 4.69) is 19.2 Å². The minimum atomic E-state index is -0.819. The molecule has 41 heavy (non-hydrogen) atoms. The first-order valence-electron chi connectivity index (χ1n) is 14.6. The topological polar surface area (TPSA) is 94.1 Å². The van der Waals surface area contributed by atoms with Crippen molar-refractivity contribution >= 4 is 17.6 Å². The van der Waals surface area contributed by atoms with Gasteiger partial charge in [-0.25, -0.2) is 0 Å². The van der Waals surface area contributed by atoms with E-state index in [-0.39, 0.29) is 12.3 Å². The lowest BCUT2D eigenvalue weighted by molar-refractivity contribution is -0.136. The summed E-state index contributed by atoms with van der Waals surface area (Å²) in [6, 6.07) is 24.4. The molecule has 0 aromatic heterocycles. The standard InChI is InChI=1S/C18H21NO2.C12H16O3.C4H8O/c1-2-3-12-21-17-11-7-8-15(13-17)14-18(20)19-16-9-5-4-6-10-16;1-2-3-7-15-11-6-4-5-10(8-11)9-12(13)14;1-2-4-5-3-1/h4-11,13H,2-3,12,14H2,1H3,(H,19,20);4-6,8H,2-3,7,9H2,1H3,(H,13,14);1-4H2. The second kappa shape index (κ2) is 21.0. The van der Waals surface area contributed by atoms with Crippen LogP contribution in [0.25, 0.3) is 0 Å². The van der Waals surface area contributed by atoms with Crippen LogP contribution in [0, 0.1) is 0 Å². The molecule has 3 aromatic carbocycles. The van der Waals surface area contributed by atoms with E-state index in [9.17, 15) is 9.59 Å². The van der Waals surface area contributed by atoms with E-state index in [1.807, 2.05) is 66.7 Å². The Balaban J connectivity index is 0.000000254. The van der Waals surface area contributed by atoms with E-state index in [1.165, 1.54) is 12.8 Å². The highest BCUT2D eigenvalue weighted by Crippen LogP contribution is 2.16. The smallest absolute Gasteiger partial charge is 0.307 e. The van der Waals surface area contributed by atoms with Crippen LogP contribution in [0.3, 0.4) is 0 Å². The van der Waals surface area contributed by atoms with E-state index in [0.717, 1.165) is 73.8 Å². The van der Waals surface area contributed by atoms with Crippen molar-refractivity contribution in [3.63, 3.8) is 0 Å². The van der Waals surface area contributed by atoms with Crippen molar-refractivity contribution in [2.24, 2.45) is 0 Å². The number of ether oxygens (including phenoxy) is 3. The summed E-state index contributed by atoms with van der Waals surface area (Å²) in [5, 5.41) is 11.5. The molecule has 0 aliphatic carbocycles. The molecule has 0 radical (unpaired) electrons. The monoisotopic (exact) mass is 563 g/mol. The van der Waals surface area contributed by atoms with Crippen LogP contribution in [0.1, 0.15) is 63.5 Å². The third-order valence-corrected chi connectivity index (χ3v) is 5.94. The van der Waals surface area contributed by atoms with Crippen LogP contribution in [0.5, 0.6) is 11.5 Å². The molecule has 1 fully saturated rings. The van der Waals surface area contributed by atoms with Gasteiger partial charge in [0.1, 0.15) is 11.5 Å². The summed E-state index contributed by atoms with van der Waals surface area (Å²) in [6.07, 6.45) is 7.21. The van der Waals surface area contributed by atoms with Crippen LogP contribution in [-0.2, 0) is 27.2 Å². The molecule has 1 aliphatic rings. The molecule has 7 nitrogen and oxygen atoms in total. The second-order valence-corrected chi connectivity index (χ2v) is 9.68. The van der Waals surface area contributed by atoms with Crippen LogP contribution >= 0.6 is 0 Å². The summed E-state index contributed by atoms with van der Waals surface area (Å²) < 4.78 is 16.1. The number of benzene rings is 3. The SMILES string of the molecule is C1CCOC1.CCCCOc1cccc(CC(=O)Nc2ccccc2)c1.CCCCOc1cccc(CC(=O)O)c1. The van der Waals surface area contributed by atoms with Crippen molar-refractivity contribution in [2.75, 3.05) is 31.7 Å². The molecule has 1 heterocycles. The van der Waals surface area contributed by atoms with Crippen molar-refractivity contribution in [2.45, 2.75) is 65.2 Å². The molecule has 2 N–H and O–H groups in total. The molecule has 0 unspecified atom stereocenters. The number of carboxylic acids is 1. The molecule has 0 bridgehead atoms. The van der Waals surface area contributed by atoms with E-state index in [4.69, 9.17) is 19.3 Å². The molecule has 0 atom stereocenters. The van der Waals surface area contributed by atoms with Crippen LogP contribution in [-0.4, -0.2) is 43.4 Å². The zero-order chi connectivity index (χ0) is 29.5. The maximum Gasteiger partial charge on any atom is 0.307 e. The molecular weight excluding hydrogens is 518 g/mol. The van der Waals surface area contributed by atoms with Gasteiger partial charge in [0.25, 0.3) is 0 Å². The van der Waals surface area contributed by atoms with E-state index >= 15 is 0 Å². The summed E-state index contributed by atoms with van der Waals surface area (Å²) in [4.78, 5) is 22.5. The van der Waals surface area contributed by atoms with Crippen LogP contribution in [0.4, 0.5) is 5.69 Å². The van der Waals surface area contributed by atoms with Gasteiger partial charge in [0, 0.05) is 18.9 Å². The largest absolute Gasteiger partial charge is 0.494 e. The van der Waals surface area contributed by atoms with Gasteiger partial charge in [0.2, 0.25) is 5.91 Å². The number of carbonyl (C=O) groups excluding carboxylic acids is 1. The molecule has 7 heteroatoms. The highest BCUT2D eigenvalue weighted by atomic mass is 16.5. The third-order valence-electron chi connectivity index (χ3n) is 5.94. The van der Waals surface area contributed by atoms with Crippen LogP contribution in [0.15, 0.2) is 78.9 Å². The highest BCUT2D eigenvalue weighted by molar-refractivity contribution is 5.92. The van der Waals surface area contributed by atoms with Crippen molar-refractivity contribution < 1.29 is 28.9 Å². The Kier molecular flexibility index (Phi) is 17.1. The number of carboxylic acid groups (broad SMARTS) is 1. The predicted molar refractivity (Wildman–Crippen MR) is 164 cm³/mol. The number of amides is 1. The summed E-state index contributed by atoms with van der Waals surface area (Å²) in [7, 11) is 0. The number of hydrogen-bond acceptors (Lipinski definition) is 5. The Morgan fingerprint density at radius 3 is 1.76 bits per heavy atom. The average Bonchev–Trinajstić information content (AvgIpc) is 3.55. The van der Waals surface area contributed by atoms with E-state index in [0.29, 0.717) is 13.0 Å². The molecule has 0 spiro atoms. The minimum Gasteiger partial charge on any atom is -0.494 e. The van der Waals surface area contributed by atoms with Crippen molar-refractivity contribution in [1.82, 2.24) is 0 Å². The third kappa shape index (κ3) is 16.1. The van der Waals surface area contributed by atoms with Gasteiger partial charge < -0.3 is 24.6 Å². The zero-order valence-electron chi connectivity index (χ0n) is 24.5. The molecule has 1 aliphatic heterocycles. The Morgan fingerprint density at radius 1 is 0.756 bits per heavy atom. The Hall–Kier alpha value is -3.84. The molecule has 1 amide bonds. The molecule has 0 saturated carbocycles. The van der Waals surface area contributed by atoms with Gasteiger partial charge in [-0.15, -0.1) is 0 Å². The Labute approximate surface area is 244 Å². The van der Waals surface area contributed by atoms with Gasteiger partial charge in [0.05, 0.1) is 26.1 Å². The number of anilines is 1. The molecule has 4 rings (SSSR count). The minimum absolute atomic E-state index is 0.0214. The normalized spacial score (nSPS) is 11.8. The lowest BCUT2D eigenvalue weighted by Crippen LogP contribution is -2.14. The lowest BCUT2D eigenvalue weighted by atomic mass is 10.1. The van der Waals surface area contributed by atoms with Gasteiger partial charge in [-0.3, -0.25) is 9.59 Å². The highest BCUT2D eigenvalue weighted by Gasteiger charge is 2.05. The first kappa shape index (κ1) is 33.4. The summed E-state index contributed by atoms with van der Waals surface area (Å²) in [5.41, 5.74) is 2.55. The fourth-order valence-corrected chi connectivity index (χ4v) is 3.76. The van der Waals surface area contributed by atoms with Crippen molar-refractivity contribution in [3.05, 3.63) is 90.0 Å². The number of aliphatic carboxylic acids is 1. The number of rotatable bonds is 13. The maximum atomic E-state index is 12.0. The first-order chi connectivity index (χ1) is 20.0. The summed E-state index contributed by atoms with van der Waals surface area (Å²) in [6.45, 7) is 7.64. The van der Waals surface area contributed by atoms with E-state index in [1.54, 1.807) is 12.1 Å². The summed E-state index contributed by atoms with van der Waals surface area (Å²) >= 11 is 0. The number of carbonyl (C=O) groups is 2. The van der Waals surface area contributed by atoms with Gasteiger partial charge >= 0.3 is 5.97 Å². The molecule has 222 valence electrons. The zero-order valence-corrected chi connectivity index (χ0v) is 24.5. The first-order valence-corrected chi connectivity index (χ1v) is 14.6. The van der Waals surface area contributed by atoms with Gasteiger partial charge in [-0.05, 0) is 73.2 Å². The fourth-order valence-electron chi connectivity index (χ4n) is 3.76. The number of hydrogen-bond donors (Lipinski definition) is 2. The van der Waals surface area contributed by atoms with Gasteiger partial charge in [0.15, 0.2) is 0 Å². The predicted octanol–water partition coefficient (Wildman–Crippen LogP) is 7.34.